The van der Waals surface area contributed by atoms with Gasteiger partial charge in [-0.1, -0.05) is 51.4 Å². The molecule has 1 aliphatic heterocycles. The molecule has 10 nitrogen and oxygen atoms in total. The molecule has 1 aromatic carbocycles. The molecule has 0 saturated carbocycles. The number of nitrogens with zero attached hydrogens (tertiary/aromatic N) is 1. The molecule has 212 valence electrons. The Morgan fingerprint density at radius 3 is 2.29 bits per heavy atom. The van der Waals surface area contributed by atoms with Crippen LogP contribution in [0.2, 0.25) is 5.02 Å². The number of ether oxygens (including phenoxy) is 2. The van der Waals surface area contributed by atoms with Crippen molar-refractivity contribution in [2.45, 2.75) is 72.1 Å². The molecule has 1 saturated heterocycles. The number of carbonyl (C=O) groups is 4. The number of Topliss-reactive ketones (excluding diaryl/α,β-unsaturated/α-hetero) is 1. The standard InChI is InChI=1S/C27H40ClN3O7/c1-17(2)21(30-23(34)29-15-26(6,7)38-24(35)37-14-18(3)32)22(33)31-13-12-27(36,25(4,5)16-31)19-8-10-20(28)11-9-19/h8-11,17,21,36H,12-16H2,1-7H3,(H2,29,30,34). The number of rotatable bonds is 9. The summed E-state index contributed by atoms with van der Waals surface area (Å²) in [5.41, 5.74) is -2.20. The van der Waals surface area contributed by atoms with E-state index >= 15 is 0 Å². The summed E-state index contributed by atoms with van der Waals surface area (Å²) < 4.78 is 9.85. The van der Waals surface area contributed by atoms with Crippen LogP contribution in [0.3, 0.4) is 0 Å². The van der Waals surface area contributed by atoms with Gasteiger partial charge in [0, 0.05) is 23.5 Å². The van der Waals surface area contributed by atoms with E-state index in [0.29, 0.717) is 24.5 Å². The second kappa shape index (κ2) is 12.3. The molecule has 1 fully saturated rings. The number of amides is 3. The Kier molecular flexibility index (Phi) is 10.2. The minimum absolute atomic E-state index is 0.0577. The van der Waals surface area contributed by atoms with E-state index in [2.05, 4.69) is 10.6 Å². The third kappa shape index (κ3) is 8.07. The van der Waals surface area contributed by atoms with Crippen molar-refractivity contribution in [3.8, 4) is 0 Å². The van der Waals surface area contributed by atoms with Crippen LogP contribution in [-0.2, 0) is 24.7 Å². The van der Waals surface area contributed by atoms with Gasteiger partial charge in [0.15, 0.2) is 12.4 Å². The van der Waals surface area contributed by atoms with E-state index in [-0.39, 0.29) is 24.2 Å². The van der Waals surface area contributed by atoms with Gasteiger partial charge in [-0.15, -0.1) is 0 Å². The quantitative estimate of drug-likeness (QED) is 0.397. The summed E-state index contributed by atoms with van der Waals surface area (Å²) in [7, 11) is 0. The van der Waals surface area contributed by atoms with Crippen molar-refractivity contribution in [2.75, 3.05) is 26.2 Å². The summed E-state index contributed by atoms with van der Waals surface area (Å²) in [5, 5.41) is 17.5. The molecule has 0 bridgehead atoms. The molecule has 1 aliphatic rings. The number of hydrogen-bond donors (Lipinski definition) is 3. The highest BCUT2D eigenvalue weighted by Gasteiger charge is 2.50. The van der Waals surface area contributed by atoms with Crippen molar-refractivity contribution in [1.29, 1.82) is 0 Å². The zero-order valence-corrected chi connectivity index (χ0v) is 24.0. The SMILES string of the molecule is CC(=O)COC(=O)OC(C)(C)CNC(=O)NC(C(=O)N1CCC(O)(c2ccc(Cl)cc2)C(C)(C)C1)C(C)C. The van der Waals surface area contributed by atoms with Gasteiger partial charge in [0.1, 0.15) is 11.6 Å². The molecular formula is C27H40ClN3O7. The normalized spacial score (nSPS) is 19.9. The van der Waals surface area contributed by atoms with Gasteiger partial charge in [0.25, 0.3) is 0 Å². The van der Waals surface area contributed by atoms with Crippen molar-refractivity contribution in [2.24, 2.45) is 11.3 Å². The fourth-order valence-corrected chi connectivity index (χ4v) is 4.54. The topological polar surface area (TPSA) is 134 Å². The van der Waals surface area contributed by atoms with Crippen LogP contribution in [0.4, 0.5) is 9.59 Å². The number of piperidine rings is 1. The average Bonchev–Trinajstić information content (AvgIpc) is 2.81. The zero-order chi connectivity index (χ0) is 28.9. The van der Waals surface area contributed by atoms with Crippen LogP contribution in [-0.4, -0.2) is 71.8 Å². The third-order valence-corrected chi connectivity index (χ3v) is 6.98. The molecule has 38 heavy (non-hydrogen) atoms. The maximum Gasteiger partial charge on any atom is 0.509 e. The fourth-order valence-electron chi connectivity index (χ4n) is 4.42. The number of carbonyl (C=O) groups excluding carboxylic acids is 4. The molecule has 1 aromatic rings. The largest absolute Gasteiger partial charge is 0.509 e. The van der Waals surface area contributed by atoms with E-state index < -0.39 is 41.5 Å². The molecular weight excluding hydrogens is 514 g/mol. The van der Waals surface area contributed by atoms with Crippen molar-refractivity contribution < 1.29 is 33.8 Å². The van der Waals surface area contributed by atoms with Crippen molar-refractivity contribution in [1.82, 2.24) is 15.5 Å². The smallest absolute Gasteiger partial charge is 0.426 e. The van der Waals surface area contributed by atoms with Gasteiger partial charge in [-0.05, 0) is 50.8 Å². The van der Waals surface area contributed by atoms with Gasteiger partial charge in [-0.25, -0.2) is 9.59 Å². The lowest BCUT2D eigenvalue weighted by Crippen LogP contribution is -2.61. The lowest BCUT2D eigenvalue weighted by atomic mass is 9.66. The molecule has 11 heteroatoms. The Morgan fingerprint density at radius 1 is 1.16 bits per heavy atom. The van der Waals surface area contributed by atoms with Gasteiger partial charge < -0.3 is 30.1 Å². The first kappa shape index (κ1) is 31.4. The Hall–Kier alpha value is -2.85. The van der Waals surface area contributed by atoms with Gasteiger partial charge >= 0.3 is 12.2 Å². The van der Waals surface area contributed by atoms with Crippen LogP contribution in [0.25, 0.3) is 0 Å². The fraction of sp³-hybridized carbons (Fsp3) is 0.630. The number of nitrogens with one attached hydrogen (secondary N) is 2. The minimum Gasteiger partial charge on any atom is -0.426 e. The summed E-state index contributed by atoms with van der Waals surface area (Å²) in [4.78, 5) is 50.5. The van der Waals surface area contributed by atoms with E-state index in [9.17, 15) is 24.3 Å². The Morgan fingerprint density at radius 2 is 1.76 bits per heavy atom. The van der Waals surface area contributed by atoms with E-state index in [0.717, 1.165) is 5.56 Å². The summed E-state index contributed by atoms with van der Waals surface area (Å²) >= 11 is 6.02. The van der Waals surface area contributed by atoms with Crippen molar-refractivity contribution in [3.05, 3.63) is 34.9 Å². The molecule has 0 spiro atoms. The van der Waals surface area contributed by atoms with Crippen LogP contribution in [0.15, 0.2) is 24.3 Å². The van der Waals surface area contributed by atoms with Crippen LogP contribution in [0.5, 0.6) is 0 Å². The predicted molar refractivity (Wildman–Crippen MR) is 143 cm³/mol. The number of aliphatic hydroxyl groups is 1. The van der Waals surface area contributed by atoms with Crippen LogP contribution < -0.4 is 10.6 Å². The molecule has 1 heterocycles. The molecule has 0 radical (unpaired) electrons. The highest BCUT2D eigenvalue weighted by Crippen LogP contribution is 2.46. The molecule has 3 amide bonds. The van der Waals surface area contributed by atoms with E-state index in [1.165, 1.54) is 6.92 Å². The van der Waals surface area contributed by atoms with Gasteiger partial charge in [0.05, 0.1) is 12.1 Å². The number of ketones is 1. The van der Waals surface area contributed by atoms with Gasteiger partial charge in [-0.3, -0.25) is 9.59 Å². The zero-order valence-electron chi connectivity index (χ0n) is 23.2. The van der Waals surface area contributed by atoms with Crippen molar-refractivity contribution in [3.63, 3.8) is 0 Å². The van der Waals surface area contributed by atoms with Crippen LogP contribution >= 0.6 is 11.6 Å². The first-order chi connectivity index (χ1) is 17.5. The molecule has 2 rings (SSSR count). The summed E-state index contributed by atoms with van der Waals surface area (Å²) in [6, 6.07) is 5.68. The van der Waals surface area contributed by atoms with Gasteiger partial charge in [-0.2, -0.15) is 0 Å². The number of benzene rings is 1. The Labute approximate surface area is 229 Å². The second-order valence-corrected chi connectivity index (χ2v) is 11.8. The highest BCUT2D eigenvalue weighted by molar-refractivity contribution is 6.30. The van der Waals surface area contributed by atoms with E-state index in [4.69, 9.17) is 21.1 Å². The molecule has 0 aliphatic carbocycles. The third-order valence-electron chi connectivity index (χ3n) is 6.73. The first-order valence-electron chi connectivity index (χ1n) is 12.6. The maximum absolute atomic E-state index is 13.5. The number of likely N-dealkylation sites (tertiary alicyclic amines) is 1. The van der Waals surface area contributed by atoms with Crippen LogP contribution in [0, 0.1) is 11.3 Å². The molecule has 3 N–H and O–H groups in total. The number of hydrogen-bond acceptors (Lipinski definition) is 7. The Bertz CT molecular complexity index is 1030. The predicted octanol–water partition coefficient (Wildman–Crippen LogP) is 3.63. The second-order valence-electron chi connectivity index (χ2n) is 11.4. The van der Waals surface area contributed by atoms with E-state index in [1.807, 2.05) is 27.7 Å². The first-order valence-corrected chi connectivity index (χ1v) is 13.0. The van der Waals surface area contributed by atoms with E-state index in [1.54, 1.807) is 43.0 Å². The summed E-state index contributed by atoms with van der Waals surface area (Å²) in [6.07, 6.45) is -0.691. The van der Waals surface area contributed by atoms with Crippen molar-refractivity contribution >= 4 is 35.5 Å². The molecule has 0 aromatic heterocycles. The highest BCUT2D eigenvalue weighted by atomic mass is 35.5. The number of halogens is 1. The van der Waals surface area contributed by atoms with Gasteiger partial charge in [0.2, 0.25) is 5.91 Å². The lowest BCUT2D eigenvalue weighted by Gasteiger charge is -2.51. The monoisotopic (exact) mass is 553 g/mol. The average molecular weight is 554 g/mol. The maximum atomic E-state index is 13.5. The Balaban J connectivity index is 2.00. The minimum atomic E-state index is -1.15. The summed E-state index contributed by atoms with van der Waals surface area (Å²) in [6.45, 7) is 12.1. The van der Waals surface area contributed by atoms with Crippen LogP contribution in [0.1, 0.15) is 60.5 Å². The molecule has 2 atom stereocenters. The lowest BCUT2D eigenvalue weighted by molar-refractivity contribution is -0.155. The summed E-state index contributed by atoms with van der Waals surface area (Å²) in [5.74, 6) is -0.780. The molecule has 2 unspecified atom stereocenters. The number of urea groups is 1.